The second kappa shape index (κ2) is 11.5. The lowest BCUT2D eigenvalue weighted by Gasteiger charge is -2.36. The van der Waals surface area contributed by atoms with Crippen LogP contribution in [0.3, 0.4) is 0 Å². The van der Waals surface area contributed by atoms with Crippen LogP contribution in [0, 0.1) is 0 Å². The number of nitrogens with zero attached hydrogens (tertiary/aromatic N) is 2. The SMILES string of the molecule is Cl.O=C(NCCCCN1CCN(c2cccc3ccccc23)CC1)c1ccc2sc3ccccc3c2c1. The van der Waals surface area contributed by atoms with Crippen molar-refractivity contribution in [3.63, 3.8) is 0 Å². The number of amides is 1. The summed E-state index contributed by atoms with van der Waals surface area (Å²) in [4.78, 5) is 17.8. The number of hydrogen-bond donors (Lipinski definition) is 1. The van der Waals surface area contributed by atoms with Crippen LogP contribution >= 0.6 is 23.7 Å². The second-order valence-electron chi connectivity index (χ2n) is 9.60. The number of rotatable bonds is 7. The lowest BCUT2D eigenvalue weighted by Crippen LogP contribution is -2.46. The van der Waals surface area contributed by atoms with Crippen molar-refractivity contribution in [2.24, 2.45) is 0 Å². The summed E-state index contributed by atoms with van der Waals surface area (Å²) in [6, 6.07) is 29.7. The standard InChI is InChI=1S/C31H31N3OS.ClH/c35-31(24-14-15-30-27(22-24)26-11-3-4-13-29(26)36-30)32-16-5-6-17-33-18-20-34(21-19-33)28-12-7-9-23-8-1-2-10-25(23)28;/h1-4,7-15,22H,5-6,16-21H2,(H,32,35);1H. The maximum atomic E-state index is 12.8. The van der Waals surface area contributed by atoms with Crippen LogP contribution in [-0.2, 0) is 0 Å². The number of nitrogens with one attached hydrogen (secondary N) is 1. The van der Waals surface area contributed by atoms with Crippen LogP contribution in [0.25, 0.3) is 30.9 Å². The van der Waals surface area contributed by atoms with Crippen molar-refractivity contribution in [1.29, 1.82) is 0 Å². The van der Waals surface area contributed by atoms with Gasteiger partial charge in [0.1, 0.15) is 0 Å². The van der Waals surface area contributed by atoms with Crippen molar-refractivity contribution in [2.75, 3.05) is 44.2 Å². The highest BCUT2D eigenvalue weighted by atomic mass is 35.5. The molecule has 0 radical (unpaired) electrons. The fourth-order valence-electron chi connectivity index (χ4n) is 5.33. The van der Waals surface area contributed by atoms with Crippen molar-refractivity contribution in [1.82, 2.24) is 10.2 Å². The van der Waals surface area contributed by atoms with E-state index in [0.717, 1.165) is 57.7 Å². The number of carbonyl (C=O) groups excluding carboxylic acids is 1. The summed E-state index contributed by atoms with van der Waals surface area (Å²) < 4.78 is 2.50. The Kier molecular flexibility index (Phi) is 7.94. The molecule has 6 rings (SSSR count). The molecule has 1 N–H and O–H groups in total. The lowest BCUT2D eigenvalue weighted by atomic mass is 10.1. The van der Waals surface area contributed by atoms with Crippen LogP contribution < -0.4 is 10.2 Å². The van der Waals surface area contributed by atoms with E-state index in [4.69, 9.17) is 0 Å². The third-order valence-electron chi connectivity index (χ3n) is 7.31. The molecule has 2 heterocycles. The highest BCUT2D eigenvalue weighted by Crippen LogP contribution is 2.34. The average molecular weight is 530 g/mol. The number of anilines is 1. The topological polar surface area (TPSA) is 35.6 Å². The summed E-state index contributed by atoms with van der Waals surface area (Å²) >= 11 is 1.78. The molecule has 5 aromatic rings. The van der Waals surface area contributed by atoms with Crippen molar-refractivity contribution in [2.45, 2.75) is 12.8 Å². The Morgan fingerprint density at radius 1 is 0.757 bits per heavy atom. The molecule has 0 unspecified atom stereocenters. The van der Waals surface area contributed by atoms with Gasteiger partial charge in [-0.3, -0.25) is 9.69 Å². The van der Waals surface area contributed by atoms with Crippen LogP contribution in [0.1, 0.15) is 23.2 Å². The van der Waals surface area contributed by atoms with Gasteiger partial charge in [0, 0.05) is 69.5 Å². The first-order valence-corrected chi connectivity index (χ1v) is 13.7. The number of thiophene rings is 1. The normalized spacial score (nSPS) is 14.2. The van der Waals surface area contributed by atoms with Crippen molar-refractivity contribution < 1.29 is 4.79 Å². The van der Waals surface area contributed by atoms with Gasteiger partial charge < -0.3 is 10.2 Å². The molecule has 1 saturated heterocycles. The summed E-state index contributed by atoms with van der Waals surface area (Å²) in [6.45, 7) is 6.10. The third-order valence-corrected chi connectivity index (χ3v) is 8.46. The van der Waals surface area contributed by atoms with E-state index in [1.54, 1.807) is 11.3 Å². The molecule has 4 aromatic carbocycles. The Morgan fingerprint density at radius 2 is 1.49 bits per heavy atom. The number of piperazine rings is 1. The maximum absolute atomic E-state index is 12.8. The van der Waals surface area contributed by atoms with Crippen LogP contribution in [-0.4, -0.2) is 50.1 Å². The molecule has 0 atom stereocenters. The Labute approximate surface area is 228 Å². The highest BCUT2D eigenvalue weighted by Gasteiger charge is 2.18. The molecule has 0 bridgehead atoms. The smallest absolute Gasteiger partial charge is 0.251 e. The van der Waals surface area contributed by atoms with Gasteiger partial charge in [0.15, 0.2) is 0 Å². The molecule has 190 valence electrons. The summed E-state index contributed by atoms with van der Waals surface area (Å²) in [7, 11) is 0. The molecular weight excluding hydrogens is 498 g/mol. The van der Waals surface area contributed by atoms with Crippen LogP contribution in [0.4, 0.5) is 5.69 Å². The zero-order valence-electron chi connectivity index (χ0n) is 20.9. The zero-order valence-corrected chi connectivity index (χ0v) is 22.5. The quantitative estimate of drug-likeness (QED) is 0.231. The number of fused-ring (bicyclic) bond motifs is 4. The van der Waals surface area contributed by atoms with Crippen LogP contribution in [0.5, 0.6) is 0 Å². The Hall–Kier alpha value is -3.12. The average Bonchev–Trinajstić information content (AvgIpc) is 3.31. The number of benzene rings is 4. The molecule has 0 aliphatic carbocycles. The summed E-state index contributed by atoms with van der Waals surface area (Å²) in [5.74, 6) is 0.0240. The van der Waals surface area contributed by atoms with Crippen LogP contribution in [0.15, 0.2) is 84.9 Å². The van der Waals surface area contributed by atoms with Gasteiger partial charge in [0.2, 0.25) is 0 Å². The van der Waals surface area contributed by atoms with Crippen molar-refractivity contribution >= 4 is 66.3 Å². The third kappa shape index (κ3) is 5.45. The van der Waals surface area contributed by atoms with Gasteiger partial charge in [-0.2, -0.15) is 0 Å². The molecule has 1 fully saturated rings. The fraction of sp³-hybridized carbons (Fsp3) is 0.258. The van der Waals surface area contributed by atoms with E-state index in [-0.39, 0.29) is 18.3 Å². The largest absolute Gasteiger partial charge is 0.368 e. The molecule has 1 amide bonds. The van der Waals surface area contributed by atoms with Gasteiger partial charge in [-0.25, -0.2) is 0 Å². The molecule has 4 nitrogen and oxygen atoms in total. The Bertz CT molecular complexity index is 1520. The van der Waals surface area contributed by atoms with Crippen LogP contribution in [0.2, 0.25) is 0 Å². The first-order chi connectivity index (χ1) is 17.8. The van der Waals surface area contributed by atoms with E-state index < -0.39 is 0 Å². The molecule has 37 heavy (non-hydrogen) atoms. The predicted molar refractivity (Wildman–Crippen MR) is 161 cm³/mol. The Morgan fingerprint density at radius 3 is 2.35 bits per heavy atom. The molecule has 1 aliphatic heterocycles. The second-order valence-corrected chi connectivity index (χ2v) is 10.7. The zero-order chi connectivity index (χ0) is 24.3. The summed E-state index contributed by atoms with van der Waals surface area (Å²) in [6.07, 6.45) is 2.10. The minimum absolute atomic E-state index is 0. The van der Waals surface area contributed by atoms with Gasteiger partial charge in [-0.1, -0.05) is 54.6 Å². The lowest BCUT2D eigenvalue weighted by molar-refractivity contribution is 0.0952. The molecule has 0 saturated carbocycles. The number of halogens is 1. The first-order valence-electron chi connectivity index (χ1n) is 12.9. The highest BCUT2D eigenvalue weighted by molar-refractivity contribution is 7.25. The summed E-state index contributed by atoms with van der Waals surface area (Å²) in [5, 5.41) is 8.18. The van der Waals surface area contributed by atoms with E-state index >= 15 is 0 Å². The monoisotopic (exact) mass is 529 g/mol. The molecule has 0 spiro atoms. The molecular formula is C31H32ClN3OS. The molecule has 6 heteroatoms. The van der Waals surface area contributed by atoms with E-state index in [2.05, 4.69) is 87.9 Å². The van der Waals surface area contributed by atoms with Gasteiger partial charge in [-0.05, 0) is 55.1 Å². The van der Waals surface area contributed by atoms with E-state index in [0.29, 0.717) is 0 Å². The van der Waals surface area contributed by atoms with Crippen molar-refractivity contribution in [3.8, 4) is 0 Å². The Balaban J connectivity index is 0.00000280. The van der Waals surface area contributed by atoms with E-state index in [1.165, 1.54) is 36.6 Å². The number of hydrogen-bond acceptors (Lipinski definition) is 4. The van der Waals surface area contributed by atoms with E-state index in [9.17, 15) is 4.79 Å². The molecule has 1 aromatic heterocycles. The van der Waals surface area contributed by atoms with Crippen molar-refractivity contribution in [3.05, 3.63) is 90.5 Å². The van der Waals surface area contributed by atoms with Gasteiger partial charge in [0.05, 0.1) is 0 Å². The number of unbranched alkanes of at least 4 members (excludes halogenated alkanes) is 1. The van der Waals surface area contributed by atoms with Gasteiger partial charge in [-0.15, -0.1) is 23.7 Å². The molecule has 1 aliphatic rings. The first kappa shape index (κ1) is 25.5. The summed E-state index contributed by atoms with van der Waals surface area (Å²) in [5.41, 5.74) is 2.10. The van der Waals surface area contributed by atoms with E-state index in [1.807, 2.05) is 12.1 Å². The minimum atomic E-state index is 0. The predicted octanol–water partition coefficient (Wildman–Crippen LogP) is 6.96. The minimum Gasteiger partial charge on any atom is -0.368 e. The maximum Gasteiger partial charge on any atom is 0.251 e. The van der Waals surface area contributed by atoms with Gasteiger partial charge in [0.25, 0.3) is 5.91 Å². The van der Waals surface area contributed by atoms with Gasteiger partial charge >= 0.3 is 0 Å². The number of carbonyl (C=O) groups is 1. The fourth-order valence-corrected chi connectivity index (χ4v) is 6.41.